The summed E-state index contributed by atoms with van der Waals surface area (Å²) < 4.78 is 22.3. The summed E-state index contributed by atoms with van der Waals surface area (Å²) in [5.74, 6) is -0.487. The smallest absolute Gasteiger partial charge is 0.333 e. The molecule has 0 amide bonds. The van der Waals surface area contributed by atoms with Crippen LogP contribution in [0.5, 0.6) is 11.5 Å². The van der Waals surface area contributed by atoms with Crippen LogP contribution in [0.2, 0.25) is 0 Å². The van der Waals surface area contributed by atoms with Crippen LogP contribution in [-0.4, -0.2) is 24.5 Å². The van der Waals surface area contributed by atoms with Crippen LogP contribution in [-0.2, 0) is 19.1 Å². The molecule has 0 aromatic heterocycles. The van der Waals surface area contributed by atoms with Gasteiger partial charge in [0, 0.05) is 55.6 Å². The van der Waals surface area contributed by atoms with Crippen molar-refractivity contribution in [2.24, 2.45) is 0 Å². The lowest BCUT2D eigenvalue weighted by Crippen LogP contribution is -2.21. The number of carbonyl (C=O) groups is 2. The lowest BCUT2D eigenvalue weighted by molar-refractivity contribution is -0.155. The molecule has 0 N–H and O–H groups in total. The monoisotopic (exact) mass is 563 g/mol. The van der Waals surface area contributed by atoms with Crippen LogP contribution in [0, 0.1) is 6.92 Å². The average molecular weight is 564 g/mol. The predicted octanol–water partition coefficient (Wildman–Crippen LogP) is 8.04. The summed E-state index contributed by atoms with van der Waals surface area (Å²) in [5.41, 5.74) is 5.80. The van der Waals surface area contributed by atoms with Gasteiger partial charge in [-0.2, -0.15) is 0 Å². The molecule has 0 aliphatic carbocycles. The third-order valence-electron chi connectivity index (χ3n) is 6.15. The Morgan fingerprint density at radius 1 is 0.643 bits per heavy atom. The fraction of sp³-hybridized carbons (Fsp3) is 0.143. The molecule has 4 aromatic carbocycles. The van der Waals surface area contributed by atoms with Crippen LogP contribution in [0.3, 0.4) is 0 Å². The second kappa shape index (κ2) is 13.9. The first kappa shape index (κ1) is 29.7. The molecule has 0 saturated heterocycles. The molecular weight excluding hydrogens is 530 g/mol. The van der Waals surface area contributed by atoms with Crippen LogP contribution in [0.25, 0.3) is 11.1 Å². The van der Waals surface area contributed by atoms with Crippen LogP contribution < -0.4 is 14.4 Å². The summed E-state index contributed by atoms with van der Waals surface area (Å²) in [7, 11) is 0. The SMILES string of the molecule is C=CC(=O)OC(C)Oc1cc(OC(C)OC(=O)C=C)cc(N(c2ccc(C)cc2)c2ccc(-c3ccccc3)cc2)c1. The molecule has 0 spiro atoms. The van der Waals surface area contributed by atoms with Gasteiger partial charge in [0.25, 0.3) is 0 Å². The normalized spacial score (nSPS) is 11.9. The first-order valence-electron chi connectivity index (χ1n) is 13.4. The average Bonchev–Trinajstić information content (AvgIpc) is 2.98. The molecule has 42 heavy (non-hydrogen) atoms. The van der Waals surface area contributed by atoms with Crippen LogP contribution in [0.1, 0.15) is 19.4 Å². The molecule has 0 fully saturated rings. The van der Waals surface area contributed by atoms with Crippen molar-refractivity contribution in [1.29, 1.82) is 0 Å². The van der Waals surface area contributed by atoms with Crippen molar-refractivity contribution in [2.75, 3.05) is 4.90 Å². The van der Waals surface area contributed by atoms with Crippen molar-refractivity contribution in [3.63, 3.8) is 0 Å². The lowest BCUT2D eigenvalue weighted by Gasteiger charge is -2.27. The van der Waals surface area contributed by atoms with Gasteiger partial charge in [0.05, 0.1) is 5.69 Å². The number of esters is 2. The third-order valence-corrected chi connectivity index (χ3v) is 6.15. The van der Waals surface area contributed by atoms with Crippen molar-refractivity contribution in [1.82, 2.24) is 0 Å². The van der Waals surface area contributed by atoms with Crippen LogP contribution in [0.15, 0.2) is 122 Å². The van der Waals surface area contributed by atoms with Gasteiger partial charge in [0.2, 0.25) is 12.6 Å². The molecule has 7 heteroatoms. The predicted molar refractivity (Wildman–Crippen MR) is 164 cm³/mol. The van der Waals surface area contributed by atoms with Crippen molar-refractivity contribution >= 4 is 29.0 Å². The zero-order valence-electron chi connectivity index (χ0n) is 23.9. The molecule has 7 nitrogen and oxygen atoms in total. The Bertz CT molecular complexity index is 1480. The van der Waals surface area contributed by atoms with E-state index in [2.05, 4.69) is 42.3 Å². The van der Waals surface area contributed by atoms with Gasteiger partial charge in [0.15, 0.2) is 0 Å². The van der Waals surface area contributed by atoms with Crippen LogP contribution >= 0.6 is 0 Å². The fourth-order valence-electron chi connectivity index (χ4n) is 4.25. The molecule has 0 aliphatic rings. The Hall–Kier alpha value is -5.30. The Morgan fingerprint density at radius 2 is 1.10 bits per heavy atom. The summed E-state index contributed by atoms with van der Waals surface area (Å²) in [4.78, 5) is 25.5. The van der Waals surface area contributed by atoms with E-state index in [1.165, 1.54) is 0 Å². The van der Waals surface area contributed by atoms with Gasteiger partial charge >= 0.3 is 11.9 Å². The van der Waals surface area contributed by atoms with E-state index in [4.69, 9.17) is 18.9 Å². The number of ether oxygens (including phenoxy) is 4. The second-order valence-electron chi connectivity index (χ2n) is 9.40. The number of nitrogens with zero attached hydrogens (tertiary/aromatic N) is 1. The van der Waals surface area contributed by atoms with Gasteiger partial charge in [-0.3, -0.25) is 0 Å². The fourth-order valence-corrected chi connectivity index (χ4v) is 4.25. The highest BCUT2D eigenvalue weighted by Gasteiger charge is 2.19. The standard InChI is InChI=1S/C35H33NO6/c1-6-34(37)41-25(4)39-32-21-31(22-33(23-32)40-26(5)42-35(38)7-2)36(29-17-13-24(3)14-18-29)30-19-15-28(16-20-30)27-11-9-8-10-12-27/h6-23,25-26H,1-2H2,3-5H3. The highest BCUT2D eigenvalue weighted by molar-refractivity contribution is 5.82. The van der Waals surface area contributed by atoms with E-state index in [0.29, 0.717) is 17.2 Å². The molecule has 0 saturated carbocycles. The maximum Gasteiger partial charge on any atom is 0.333 e. The summed E-state index contributed by atoms with van der Waals surface area (Å²) >= 11 is 0. The molecule has 2 unspecified atom stereocenters. The quantitative estimate of drug-likeness (QED) is 0.0981. The molecule has 4 aromatic rings. The largest absolute Gasteiger partial charge is 0.455 e. The van der Waals surface area contributed by atoms with Crippen LogP contribution in [0.4, 0.5) is 17.1 Å². The van der Waals surface area contributed by atoms with Crippen molar-refractivity contribution in [3.05, 3.63) is 128 Å². The Morgan fingerprint density at radius 3 is 1.57 bits per heavy atom. The van der Waals surface area contributed by atoms with E-state index in [9.17, 15) is 9.59 Å². The summed E-state index contributed by atoms with van der Waals surface area (Å²) in [6, 6.07) is 31.7. The number of aryl methyl sites for hydroxylation is 1. The minimum Gasteiger partial charge on any atom is -0.455 e. The molecule has 4 rings (SSSR count). The molecular formula is C35H33NO6. The van der Waals surface area contributed by atoms with Gasteiger partial charge in [-0.25, -0.2) is 9.59 Å². The maximum atomic E-state index is 11.7. The molecule has 0 radical (unpaired) electrons. The lowest BCUT2D eigenvalue weighted by atomic mass is 10.0. The first-order valence-corrected chi connectivity index (χ1v) is 13.4. The number of hydrogen-bond acceptors (Lipinski definition) is 7. The van der Waals surface area contributed by atoms with Crippen molar-refractivity contribution < 1.29 is 28.5 Å². The molecule has 2 atom stereocenters. The summed E-state index contributed by atoms with van der Waals surface area (Å²) in [6.45, 7) is 12.1. The zero-order chi connectivity index (χ0) is 30.1. The van der Waals surface area contributed by atoms with Gasteiger partial charge in [-0.1, -0.05) is 73.3 Å². The number of hydrogen-bond donors (Lipinski definition) is 0. The molecule has 0 heterocycles. The highest BCUT2D eigenvalue weighted by Crippen LogP contribution is 2.40. The van der Waals surface area contributed by atoms with E-state index in [-0.39, 0.29) is 0 Å². The number of rotatable bonds is 12. The summed E-state index contributed by atoms with van der Waals surface area (Å²) in [5, 5.41) is 0. The number of benzene rings is 4. The van der Waals surface area contributed by atoms with E-state index in [1.807, 2.05) is 73.7 Å². The summed E-state index contributed by atoms with van der Waals surface area (Å²) in [6.07, 6.45) is 0.317. The minimum absolute atomic E-state index is 0.368. The van der Waals surface area contributed by atoms with Crippen molar-refractivity contribution in [2.45, 2.75) is 33.4 Å². The second-order valence-corrected chi connectivity index (χ2v) is 9.40. The number of anilines is 3. The Balaban J connectivity index is 1.78. The topological polar surface area (TPSA) is 74.3 Å². The Kier molecular flexibility index (Phi) is 9.79. The molecule has 0 bridgehead atoms. The highest BCUT2D eigenvalue weighted by atomic mass is 16.7. The first-order chi connectivity index (χ1) is 20.2. The van der Waals surface area contributed by atoms with E-state index in [0.717, 1.165) is 40.2 Å². The van der Waals surface area contributed by atoms with E-state index in [1.54, 1.807) is 19.9 Å². The molecule has 214 valence electrons. The van der Waals surface area contributed by atoms with Gasteiger partial charge < -0.3 is 23.8 Å². The third kappa shape index (κ3) is 7.88. The Labute approximate surface area is 246 Å². The molecule has 0 aliphatic heterocycles. The van der Waals surface area contributed by atoms with Gasteiger partial charge in [0.1, 0.15) is 11.5 Å². The van der Waals surface area contributed by atoms with Gasteiger partial charge in [-0.05, 0) is 42.3 Å². The minimum atomic E-state index is -0.910. The van der Waals surface area contributed by atoms with Gasteiger partial charge in [-0.15, -0.1) is 0 Å². The van der Waals surface area contributed by atoms with E-state index >= 15 is 0 Å². The van der Waals surface area contributed by atoms with E-state index < -0.39 is 24.5 Å². The maximum absolute atomic E-state index is 11.7. The van der Waals surface area contributed by atoms with Crippen molar-refractivity contribution in [3.8, 4) is 22.6 Å². The number of carbonyl (C=O) groups excluding carboxylic acids is 2. The zero-order valence-corrected chi connectivity index (χ0v) is 23.9.